The van der Waals surface area contributed by atoms with Crippen LogP contribution in [-0.4, -0.2) is 6.61 Å². The first-order valence-electron chi connectivity index (χ1n) is 2.18. The minimum Gasteiger partial charge on any atom is -1.00 e. The van der Waals surface area contributed by atoms with E-state index in [9.17, 15) is 0 Å². The quantitative estimate of drug-likeness (QED) is 0.473. The average Bonchev–Trinajstić information content (AvgIpc) is 1.61. The first-order chi connectivity index (χ1) is 2.91. The fourth-order valence-electron chi connectivity index (χ4n) is 0.209. The van der Waals surface area contributed by atoms with Crippen LogP contribution in [-0.2, 0) is 21.4 Å². The third kappa shape index (κ3) is 15.6. The average molecular weight is 284 g/mol. The Morgan fingerprint density at radius 1 is 1.38 bits per heavy atom. The van der Waals surface area contributed by atoms with Crippen molar-refractivity contribution in [2.45, 2.75) is 19.8 Å². The summed E-state index contributed by atoms with van der Waals surface area (Å²) in [5, 5.41) is 0. The van der Waals surface area contributed by atoms with E-state index in [2.05, 4.69) is 24.7 Å². The molecule has 4 heteroatoms. The second-order valence-corrected chi connectivity index (χ2v) is 1.59. The van der Waals surface area contributed by atoms with E-state index in [1.807, 2.05) is 0 Å². The molecule has 0 unspecified atom stereocenters. The molecule has 1 nitrogen and oxygen atoms in total. The van der Waals surface area contributed by atoms with Crippen LogP contribution in [0.3, 0.4) is 0 Å². The predicted octanol–water partition coefficient (Wildman–Crippen LogP) is -4.73. The Bertz CT molecular complexity index is 26.0. The first-order valence-corrected chi connectivity index (χ1v) is 2.75. The Hall–Kier alpha value is 1.50. The number of unbranched alkanes of at least 4 members (excludes halogenated alkanes) is 1. The molecule has 50 valence electrons. The van der Waals surface area contributed by atoms with Gasteiger partial charge in [0.2, 0.25) is 0 Å². The van der Waals surface area contributed by atoms with Crippen molar-refractivity contribution in [3.63, 3.8) is 0 Å². The van der Waals surface area contributed by atoms with Crippen molar-refractivity contribution in [1.82, 2.24) is 0 Å². The van der Waals surface area contributed by atoms with Crippen molar-refractivity contribution in [3.8, 4) is 0 Å². The van der Waals surface area contributed by atoms with Gasteiger partial charge in [0.1, 0.15) is 0 Å². The summed E-state index contributed by atoms with van der Waals surface area (Å²) in [7, 11) is 0. The topological polar surface area (TPSA) is 9.23 Å². The van der Waals surface area contributed by atoms with E-state index in [-0.39, 0.29) is 34.0 Å². The van der Waals surface area contributed by atoms with Crippen LogP contribution in [0.2, 0.25) is 0 Å². The summed E-state index contributed by atoms with van der Waals surface area (Å²) >= 11 is 2.10. The zero-order chi connectivity index (χ0) is 4.83. The molecule has 0 saturated heterocycles. The maximum absolute atomic E-state index is 4.72. The molecule has 8 heavy (non-hydrogen) atoms. The molecule has 0 fully saturated rings. The molecule has 0 heterocycles. The van der Waals surface area contributed by atoms with Crippen LogP contribution in [0.1, 0.15) is 19.8 Å². The molecular weight excluding hydrogens is 275 g/mol. The van der Waals surface area contributed by atoms with E-state index in [0.29, 0.717) is 0 Å². The molecule has 0 amide bonds. The van der Waals surface area contributed by atoms with Gasteiger partial charge in [-0.2, -0.15) is 0 Å². The summed E-state index contributed by atoms with van der Waals surface area (Å²) in [4.78, 5) is 0. The summed E-state index contributed by atoms with van der Waals surface area (Å²) in [6.45, 7) is 3.03. The van der Waals surface area contributed by atoms with Gasteiger partial charge in [0, 0.05) is 0 Å². The van der Waals surface area contributed by atoms with Crippen LogP contribution in [0.4, 0.5) is 0 Å². The standard InChI is InChI=1S/C4H9O.2BrH.V/c1-2-3-4-5;;;/h2-4H2,1H3;2*1H;/q-1;;;+3/p-2. The van der Waals surface area contributed by atoms with Crippen LogP contribution >= 0.6 is 0 Å². The van der Waals surface area contributed by atoms with Gasteiger partial charge in [-0.05, 0) is 0 Å². The van der Waals surface area contributed by atoms with Gasteiger partial charge in [-0.3, -0.25) is 0 Å². The molecular formula is C4H9Br2OV. The van der Waals surface area contributed by atoms with Gasteiger partial charge in [-0.15, -0.1) is 0 Å². The molecule has 0 atom stereocenters. The summed E-state index contributed by atoms with van der Waals surface area (Å²) in [6.07, 6.45) is 2.40. The van der Waals surface area contributed by atoms with E-state index in [0.717, 1.165) is 6.61 Å². The fraction of sp³-hybridized carbons (Fsp3) is 1.00. The normalized spacial score (nSPS) is 6.50. The van der Waals surface area contributed by atoms with E-state index >= 15 is 0 Å². The Kier molecular flexibility index (Phi) is 32.1. The minimum atomic E-state index is 0. The number of hydrogen-bond acceptors (Lipinski definition) is 1. The third-order valence-electron chi connectivity index (χ3n) is 0.589. The van der Waals surface area contributed by atoms with Gasteiger partial charge in [0.05, 0.1) is 0 Å². The molecule has 0 aromatic heterocycles. The van der Waals surface area contributed by atoms with E-state index in [1.54, 1.807) is 0 Å². The Morgan fingerprint density at radius 2 is 1.88 bits per heavy atom. The SMILES string of the molecule is CCCC[O][V+2].[Br-].[Br-]. The van der Waals surface area contributed by atoms with Crippen LogP contribution in [0, 0.1) is 0 Å². The minimum absolute atomic E-state index is 0. The maximum atomic E-state index is 4.72. The largest absolute Gasteiger partial charge is 1.00 e. The molecule has 0 aromatic rings. The maximum Gasteiger partial charge on any atom is -1.00 e. The van der Waals surface area contributed by atoms with Crippen molar-refractivity contribution in [3.05, 3.63) is 0 Å². The molecule has 0 radical (unpaired) electrons. The van der Waals surface area contributed by atoms with Gasteiger partial charge in [0.15, 0.2) is 0 Å². The predicted molar refractivity (Wildman–Crippen MR) is 20.9 cm³/mol. The van der Waals surface area contributed by atoms with Crippen molar-refractivity contribution in [2.75, 3.05) is 6.61 Å². The summed E-state index contributed by atoms with van der Waals surface area (Å²) in [5.41, 5.74) is 0. The van der Waals surface area contributed by atoms with Gasteiger partial charge in [-0.25, -0.2) is 0 Å². The second kappa shape index (κ2) is 15.8. The van der Waals surface area contributed by atoms with Crippen molar-refractivity contribution < 1.29 is 55.4 Å². The number of halogens is 2. The fourth-order valence-corrected chi connectivity index (χ4v) is 0.410. The summed E-state index contributed by atoms with van der Waals surface area (Å²) in [5.74, 6) is 0. The second-order valence-electron chi connectivity index (χ2n) is 1.19. The zero-order valence-corrected chi connectivity index (χ0v) is 9.30. The third-order valence-corrected chi connectivity index (χ3v) is 0.874. The molecule has 0 aliphatic heterocycles. The molecule has 0 N–H and O–H groups in total. The van der Waals surface area contributed by atoms with Gasteiger partial charge >= 0.3 is 47.8 Å². The molecule has 0 spiro atoms. The summed E-state index contributed by atoms with van der Waals surface area (Å²) in [6, 6.07) is 0. The van der Waals surface area contributed by atoms with Crippen LogP contribution in [0.15, 0.2) is 0 Å². The van der Waals surface area contributed by atoms with E-state index in [1.165, 1.54) is 12.8 Å². The first kappa shape index (κ1) is 16.2. The molecule has 0 bridgehead atoms. The van der Waals surface area contributed by atoms with E-state index < -0.39 is 0 Å². The molecule has 0 aromatic carbocycles. The molecule has 0 aliphatic carbocycles. The van der Waals surface area contributed by atoms with Crippen LogP contribution in [0.5, 0.6) is 0 Å². The Labute approximate surface area is 81.4 Å². The summed E-state index contributed by atoms with van der Waals surface area (Å²) < 4.78 is 4.72. The Morgan fingerprint density at radius 3 is 2.00 bits per heavy atom. The van der Waals surface area contributed by atoms with Crippen LogP contribution in [0.25, 0.3) is 0 Å². The monoisotopic (exact) mass is 282 g/mol. The van der Waals surface area contributed by atoms with Crippen molar-refractivity contribution >= 4 is 0 Å². The van der Waals surface area contributed by atoms with Gasteiger partial charge in [0.25, 0.3) is 0 Å². The molecule has 0 rings (SSSR count). The van der Waals surface area contributed by atoms with Gasteiger partial charge in [-0.1, -0.05) is 0 Å². The smallest absolute Gasteiger partial charge is 1.00 e. The number of rotatable bonds is 3. The van der Waals surface area contributed by atoms with Crippen molar-refractivity contribution in [2.24, 2.45) is 0 Å². The van der Waals surface area contributed by atoms with Gasteiger partial charge < -0.3 is 34.0 Å². The van der Waals surface area contributed by atoms with Crippen LogP contribution < -0.4 is 34.0 Å². The molecule has 0 saturated carbocycles. The van der Waals surface area contributed by atoms with E-state index in [4.69, 9.17) is 3.66 Å². The zero-order valence-electron chi connectivity index (χ0n) is 4.73. The Balaban J connectivity index is -0.000000125. The number of hydrogen-bond donors (Lipinski definition) is 0. The van der Waals surface area contributed by atoms with Crippen molar-refractivity contribution in [1.29, 1.82) is 0 Å². The molecule has 0 aliphatic rings.